The molecule has 0 fully saturated rings. The highest BCUT2D eigenvalue weighted by atomic mass is 79.9. The van der Waals surface area contributed by atoms with Crippen molar-refractivity contribution < 1.29 is 19.1 Å². The number of carbonyl (C=O) groups is 2. The van der Waals surface area contributed by atoms with E-state index in [1.54, 1.807) is 18.2 Å². The smallest absolute Gasteiger partial charge is 0.226 e. The van der Waals surface area contributed by atoms with Crippen molar-refractivity contribution in [1.82, 2.24) is 4.98 Å². The summed E-state index contributed by atoms with van der Waals surface area (Å²) in [4.78, 5) is 30.5. The van der Waals surface area contributed by atoms with E-state index in [0.29, 0.717) is 22.2 Å². The third-order valence-electron chi connectivity index (χ3n) is 4.45. The zero-order valence-electron chi connectivity index (χ0n) is 16.8. The van der Waals surface area contributed by atoms with Crippen molar-refractivity contribution in [2.45, 2.75) is 19.8 Å². The van der Waals surface area contributed by atoms with Crippen LogP contribution >= 0.6 is 27.3 Å². The van der Waals surface area contributed by atoms with E-state index in [-0.39, 0.29) is 24.5 Å². The number of carbonyl (C=O) groups excluding carboxylic acids is 2. The highest BCUT2D eigenvalue weighted by Gasteiger charge is 2.17. The van der Waals surface area contributed by atoms with Crippen LogP contribution in [0.4, 0.5) is 5.13 Å². The summed E-state index contributed by atoms with van der Waals surface area (Å²) >= 11 is 4.83. The Hall–Kier alpha value is -2.71. The number of ketones is 1. The van der Waals surface area contributed by atoms with Crippen LogP contribution in [0.15, 0.2) is 46.9 Å². The molecule has 0 saturated carbocycles. The number of aromatic nitrogens is 1. The van der Waals surface area contributed by atoms with Gasteiger partial charge >= 0.3 is 0 Å². The van der Waals surface area contributed by atoms with Gasteiger partial charge in [-0.05, 0) is 37.3 Å². The quantitative estimate of drug-likeness (QED) is 0.423. The maximum atomic E-state index is 12.6. The van der Waals surface area contributed by atoms with Crippen LogP contribution in [0, 0.1) is 6.92 Å². The molecule has 3 rings (SSSR count). The minimum atomic E-state index is -0.263. The molecule has 0 unspecified atom stereocenters. The van der Waals surface area contributed by atoms with Crippen molar-refractivity contribution in [3.63, 3.8) is 0 Å². The third kappa shape index (κ3) is 5.25. The number of methoxy groups -OCH3 is 2. The topological polar surface area (TPSA) is 77.5 Å². The third-order valence-corrected chi connectivity index (χ3v) is 5.86. The molecule has 0 aliphatic carbocycles. The molecule has 2 aromatic carbocycles. The van der Waals surface area contributed by atoms with E-state index in [2.05, 4.69) is 26.2 Å². The Kier molecular flexibility index (Phi) is 7.23. The predicted octanol–water partition coefficient (Wildman–Crippen LogP) is 5.50. The molecule has 1 heterocycles. The highest BCUT2D eigenvalue weighted by Crippen LogP contribution is 2.31. The molecule has 0 radical (unpaired) electrons. The first kappa shape index (κ1) is 22.0. The SMILES string of the molecule is COc1ccc(OC)c(C(=O)CCC(=O)Nc2nc(-c3ccc(Br)cc3)c(C)s2)c1. The standard InChI is InChI=1S/C22H21BrN2O4S/c1-13-21(14-4-6-15(23)7-5-14)25-22(30-13)24-20(27)11-9-18(26)17-12-16(28-2)8-10-19(17)29-3/h4-8,10,12H,9,11H2,1-3H3,(H,24,25,27). The van der Waals surface area contributed by atoms with Crippen LogP contribution in [0.1, 0.15) is 28.1 Å². The molecular formula is C22H21BrN2O4S. The lowest BCUT2D eigenvalue weighted by Gasteiger charge is -2.09. The molecule has 6 nitrogen and oxygen atoms in total. The lowest BCUT2D eigenvalue weighted by molar-refractivity contribution is -0.116. The molecule has 30 heavy (non-hydrogen) atoms. The van der Waals surface area contributed by atoms with E-state index in [1.807, 2.05) is 31.2 Å². The van der Waals surface area contributed by atoms with Crippen LogP contribution in [-0.2, 0) is 4.79 Å². The second kappa shape index (κ2) is 9.86. The Morgan fingerprint density at radius 3 is 2.47 bits per heavy atom. The number of thiazole rings is 1. The Balaban J connectivity index is 1.63. The van der Waals surface area contributed by atoms with E-state index in [9.17, 15) is 9.59 Å². The molecule has 156 valence electrons. The summed E-state index contributed by atoms with van der Waals surface area (Å²) in [7, 11) is 3.03. The van der Waals surface area contributed by atoms with Crippen molar-refractivity contribution in [2.24, 2.45) is 0 Å². The molecular weight excluding hydrogens is 468 g/mol. The fraction of sp³-hybridized carbons (Fsp3) is 0.227. The van der Waals surface area contributed by atoms with E-state index >= 15 is 0 Å². The van der Waals surface area contributed by atoms with Gasteiger partial charge in [0.25, 0.3) is 0 Å². The summed E-state index contributed by atoms with van der Waals surface area (Å²) in [6, 6.07) is 12.9. The van der Waals surface area contributed by atoms with Crippen LogP contribution in [0.25, 0.3) is 11.3 Å². The fourth-order valence-corrected chi connectivity index (χ4v) is 4.02. The zero-order chi connectivity index (χ0) is 21.7. The minimum absolute atomic E-state index is 0.0471. The first-order valence-corrected chi connectivity index (χ1v) is 10.8. The predicted molar refractivity (Wildman–Crippen MR) is 122 cm³/mol. The molecule has 0 aliphatic heterocycles. The van der Waals surface area contributed by atoms with Crippen molar-refractivity contribution in [1.29, 1.82) is 0 Å². The van der Waals surface area contributed by atoms with Crippen molar-refractivity contribution in [2.75, 3.05) is 19.5 Å². The normalized spacial score (nSPS) is 10.5. The lowest BCUT2D eigenvalue weighted by Crippen LogP contribution is -2.13. The monoisotopic (exact) mass is 488 g/mol. The van der Waals surface area contributed by atoms with E-state index < -0.39 is 0 Å². The first-order valence-electron chi connectivity index (χ1n) is 9.19. The number of amides is 1. The summed E-state index contributed by atoms with van der Waals surface area (Å²) < 4.78 is 11.4. The van der Waals surface area contributed by atoms with E-state index in [4.69, 9.17) is 9.47 Å². The summed E-state index contributed by atoms with van der Waals surface area (Å²) in [5, 5.41) is 3.31. The van der Waals surface area contributed by atoms with Gasteiger partial charge in [-0.25, -0.2) is 4.98 Å². The van der Waals surface area contributed by atoms with Crippen LogP contribution in [0.2, 0.25) is 0 Å². The van der Waals surface area contributed by atoms with Gasteiger partial charge in [-0.3, -0.25) is 9.59 Å². The number of ether oxygens (including phenoxy) is 2. The number of hydrogen-bond donors (Lipinski definition) is 1. The largest absolute Gasteiger partial charge is 0.497 e. The maximum Gasteiger partial charge on any atom is 0.226 e. The molecule has 1 amide bonds. The number of aryl methyl sites for hydroxylation is 1. The zero-order valence-corrected chi connectivity index (χ0v) is 19.2. The van der Waals surface area contributed by atoms with Crippen LogP contribution in [0.3, 0.4) is 0 Å². The molecule has 1 N–H and O–H groups in total. The van der Waals surface area contributed by atoms with Gasteiger partial charge in [-0.2, -0.15) is 0 Å². The number of halogens is 1. The Morgan fingerprint density at radius 1 is 1.07 bits per heavy atom. The highest BCUT2D eigenvalue weighted by molar-refractivity contribution is 9.10. The van der Waals surface area contributed by atoms with Gasteiger partial charge in [-0.1, -0.05) is 28.1 Å². The Morgan fingerprint density at radius 2 is 1.80 bits per heavy atom. The van der Waals surface area contributed by atoms with Crippen LogP contribution < -0.4 is 14.8 Å². The molecule has 0 saturated heterocycles. The molecule has 0 bridgehead atoms. The summed E-state index contributed by atoms with van der Waals surface area (Å²) in [5.41, 5.74) is 2.21. The van der Waals surface area contributed by atoms with Crippen molar-refractivity contribution >= 4 is 44.1 Å². The van der Waals surface area contributed by atoms with E-state index in [1.165, 1.54) is 25.6 Å². The van der Waals surface area contributed by atoms with Gasteiger partial charge in [-0.15, -0.1) is 11.3 Å². The Labute approximate surface area is 187 Å². The first-order chi connectivity index (χ1) is 14.4. The minimum Gasteiger partial charge on any atom is -0.497 e. The molecule has 8 heteroatoms. The average Bonchev–Trinajstić information content (AvgIpc) is 3.11. The average molecular weight is 489 g/mol. The number of Topliss-reactive ketones (excluding diaryl/α,β-unsaturated/α-hetero) is 1. The number of anilines is 1. The molecule has 0 spiro atoms. The molecule has 3 aromatic rings. The maximum absolute atomic E-state index is 12.6. The van der Waals surface area contributed by atoms with Crippen LogP contribution in [-0.4, -0.2) is 30.9 Å². The van der Waals surface area contributed by atoms with Crippen molar-refractivity contribution in [3.8, 4) is 22.8 Å². The Bertz CT molecular complexity index is 1060. The molecule has 0 aliphatic rings. The van der Waals surface area contributed by atoms with E-state index in [0.717, 1.165) is 20.6 Å². The number of nitrogens with one attached hydrogen (secondary N) is 1. The number of nitrogens with zero attached hydrogens (tertiary/aromatic N) is 1. The summed E-state index contributed by atoms with van der Waals surface area (Å²) in [5.74, 6) is 0.561. The van der Waals surface area contributed by atoms with Crippen molar-refractivity contribution in [3.05, 3.63) is 57.4 Å². The number of benzene rings is 2. The molecule has 0 atom stereocenters. The van der Waals surface area contributed by atoms with Gasteiger partial charge in [0.1, 0.15) is 11.5 Å². The number of hydrogen-bond acceptors (Lipinski definition) is 6. The second-order valence-electron chi connectivity index (χ2n) is 6.47. The van der Waals surface area contributed by atoms with Gasteiger partial charge < -0.3 is 14.8 Å². The van der Waals surface area contributed by atoms with Gasteiger partial charge in [0.05, 0.1) is 25.5 Å². The summed E-state index contributed by atoms with van der Waals surface area (Å²) in [6.07, 6.45) is 0.102. The second-order valence-corrected chi connectivity index (χ2v) is 8.59. The van der Waals surface area contributed by atoms with Gasteiger partial charge in [0.15, 0.2) is 10.9 Å². The van der Waals surface area contributed by atoms with Crippen LogP contribution in [0.5, 0.6) is 11.5 Å². The van der Waals surface area contributed by atoms with Gasteiger partial charge in [0.2, 0.25) is 5.91 Å². The fourth-order valence-electron chi connectivity index (χ4n) is 2.90. The lowest BCUT2D eigenvalue weighted by atomic mass is 10.0. The van der Waals surface area contributed by atoms with Gasteiger partial charge in [0, 0.05) is 27.8 Å². The summed E-state index contributed by atoms with van der Waals surface area (Å²) in [6.45, 7) is 1.96. The molecule has 1 aromatic heterocycles. The number of rotatable bonds is 8.